The van der Waals surface area contributed by atoms with Gasteiger partial charge in [-0.05, 0) is 19.1 Å². The monoisotopic (exact) mass is 337 g/mol. The third-order valence-electron chi connectivity index (χ3n) is 3.41. The lowest BCUT2D eigenvalue weighted by atomic mass is 10.1. The van der Waals surface area contributed by atoms with E-state index in [1.807, 2.05) is 31.1 Å². The van der Waals surface area contributed by atoms with Crippen molar-refractivity contribution in [2.75, 3.05) is 19.0 Å². The minimum Gasteiger partial charge on any atom is -0.480 e. The van der Waals surface area contributed by atoms with Crippen LogP contribution in [0.15, 0.2) is 41.3 Å². The Morgan fingerprint density at radius 2 is 1.74 bits per heavy atom. The quantitative estimate of drug-likeness (QED) is 0.684. The fraction of sp³-hybridized carbons (Fsp3) is 0.267. The van der Waals surface area contributed by atoms with Crippen LogP contribution in [0.3, 0.4) is 0 Å². The average molecular weight is 337 g/mol. The smallest absolute Gasteiger partial charge is 0.321 e. The van der Waals surface area contributed by atoms with Crippen molar-refractivity contribution >= 4 is 32.5 Å². The van der Waals surface area contributed by atoms with Crippen molar-refractivity contribution in [3.8, 4) is 0 Å². The summed E-state index contributed by atoms with van der Waals surface area (Å²) < 4.78 is 24.9. The van der Waals surface area contributed by atoms with Gasteiger partial charge in [-0.2, -0.15) is 0 Å². The van der Waals surface area contributed by atoms with E-state index in [0.29, 0.717) is 5.39 Å². The number of carbonyl (C=O) groups is 1. The van der Waals surface area contributed by atoms with Crippen LogP contribution >= 0.6 is 0 Å². The maximum absolute atomic E-state index is 12.5. The number of benzene rings is 2. The third kappa shape index (κ3) is 3.61. The molecule has 0 fully saturated rings. The Kier molecular flexibility index (Phi) is 4.88. The predicted octanol–water partition coefficient (Wildman–Crippen LogP) is 1.16. The molecule has 2 rings (SSSR count). The Balaban J connectivity index is 2.47. The summed E-state index contributed by atoms with van der Waals surface area (Å²) in [7, 11) is -0.142. The molecule has 0 spiro atoms. The fourth-order valence-electron chi connectivity index (χ4n) is 2.17. The summed E-state index contributed by atoms with van der Waals surface area (Å²) in [6, 6.07) is 9.34. The summed E-state index contributed by atoms with van der Waals surface area (Å²) >= 11 is 0. The van der Waals surface area contributed by atoms with Gasteiger partial charge in [0.1, 0.15) is 6.04 Å². The molecule has 0 unspecified atom stereocenters. The van der Waals surface area contributed by atoms with Gasteiger partial charge < -0.3 is 10.0 Å². The highest BCUT2D eigenvalue weighted by molar-refractivity contribution is 7.89. The summed E-state index contributed by atoms with van der Waals surface area (Å²) in [6.07, 6.45) is 0. The normalized spacial score (nSPS) is 13.0. The maximum Gasteiger partial charge on any atom is 0.321 e. The zero-order chi connectivity index (χ0) is 17.2. The van der Waals surface area contributed by atoms with Gasteiger partial charge in [-0.3, -0.25) is 4.79 Å². The van der Waals surface area contributed by atoms with Crippen molar-refractivity contribution < 1.29 is 18.3 Å². The van der Waals surface area contributed by atoms with Crippen molar-refractivity contribution in [3.05, 3.63) is 36.4 Å². The van der Waals surface area contributed by atoms with Crippen LogP contribution in [0.2, 0.25) is 0 Å². The van der Waals surface area contributed by atoms with Crippen molar-refractivity contribution in [1.82, 2.24) is 10.3 Å². The van der Waals surface area contributed by atoms with Gasteiger partial charge >= 0.3 is 5.97 Å². The molecular formula is C15H19N3O4S. The number of nitrogens with one attached hydrogen (secondary N) is 2. The van der Waals surface area contributed by atoms with Gasteiger partial charge in [0, 0.05) is 30.6 Å². The maximum atomic E-state index is 12.5. The van der Waals surface area contributed by atoms with Crippen LogP contribution in [-0.4, -0.2) is 39.6 Å². The molecule has 0 aliphatic carbocycles. The minimum atomic E-state index is -3.90. The van der Waals surface area contributed by atoms with E-state index in [1.165, 1.54) is 13.0 Å². The van der Waals surface area contributed by atoms with Gasteiger partial charge in [0.2, 0.25) is 0 Å². The number of sulfonamides is 1. The Morgan fingerprint density at radius 3 is 2.35 bits per heavy atom. The number of carboxylic acids is 1. The number of aliphatic carboxylic acids is 1. The van der Waals surface area contributed by atoms with E-state index in [4.69, 9.17) is 5.11 Å². The first-order chi connectivity index (χ1) is 10.7. The van der Waals surface area contributed by atoms with Crippen molar-refractivity contribution in [2.45, 2.75) is 17.9 Å². The van der Waals surface area contributed by atoms with E-state index in [-0.39, 0.29) is 4.90 Å². The van der Waals surface area contributed by atoms with Gasteiger partial charge in [-0.25, -0.2) is 13.8 Å². The molecule has 0 aliphatic rings. The molecule has 0 aromatic heterocycles. The number of anilines is 1. The molecule has 0 aliphatic heterocycles. The molecule has 0 amide bonds. The van der Waals surface area contributed by atoms with Crippen molar-refractivity contribution in [1.29, 1.82) is 0 Å². The molecular weight excluding hydrogens is 318 g/mol. The molecule has 0 saturated heterocycles. The molecule has 0 heterocycles. The standard InChI is InChI=1S/C15H19N3O4S/c1-10(15(19)20)16-17-23(21,22)14-9-5-6-11-12(14)7-4-8-13(11)18(2)3/h4-10,16-17H,1-3H3,(H,19,20)/t10-/m0/s1. The number of nitrogens with zero attached hydrogens (tertiary/aromatic N) is 1. The molecule has 1 atom stereocenters. The number of carboxylic acid groups (broad SMARTS) is 1. The van der Waals surface area contributed by atoms with Crippen LogP contribution in [0.1, 0.15) is 6.92 Å². The second-order valence-corrected chi connectivity index (χ2v) is 6.98. The summed E-state index contributed by atoms with van der Waals surface area (Å²) in [5.74, 6) is -1.15. The highest BCUT2D eigenvalue weighted by Crippen LogP contribution is 2.29. The van der Waals surface area contributed by atoms with Crippen LogP contribution in [0.4, 0.5) is 5.69 Å². The lowest BCUT2D eigenvalue weighted by Crippen LogP contribution is -2.46. The third-order valence-corrected chi connectivity index (χ3v) is 4.73. The van der Waals surface area contributed by atoms with Crippen LogP contribution in [0.5, 0.6) is 0 Å². The van der Waals surface area contributed by atoms with E-state index in [1.54, 1.807) is 18.2 Å². The van der Waals surface area contributed by atoms with E-state index >= 15 is 0 Å². The molecule has 0 bridgehead atoms. The topological polar surface area (TPSA) is 98.7 Å². The first kappa shape index (κ1) is 17.2. The Labute approximate surface area is 134 Å². The van der Waals surface area contributed by atoms with Crippen LogP contribution in [0.25, 0.3) is 10.8 Å². The molecule has 0 radical (unpaired) electrons. The average Bonchev–Trinajstić information content (AvgIpc) is 2.51. The zero-order valence-electron chi connectivity index (χ0n) is 13.1. The highest BCUT2D eigenvalue weighted by atomic mass is 32.2. The van der Waals surface area contributed by atoms with Gasteiger partial charge in [0.05, 0.1) is 4.90 Å². The number of hydrazine groups is 1. The van der Waals surface area contributed by atoms with Gasteiger partial charge in [0.25, 0.3) is 10.0 Å². The summed E-state index contributed by atoms with van der Waals surface area (Å²) in [6.45, 7) is 1.35. The van der Waals surface area contributed by atoms with Crippen molar-refractivity contribution in [2.24, 2.45) is 0 Å². The first-order valence-corrected chi connectivity index (χ1v) is 8.41. The van der Waals surface area contributed by atoms with Gasteiger partial charge in [-0.1, -0.05) is 24.3 Å². The number of rotatable bonds is 6. The molecule has 124 valence electrons. The Bertz CT molecular complexity index is 834. The second-order valence-electron chi connectivity index (χ2n) is 5.33. The molecule has 7 nitrogen and oxygen atoms in total. The lowest BCUT2D eigenvalue weighted by Gasteiger charge is -2.17. The zero-order valence-corrected chi connectivity index (χ0v) is 13.9. The summed E-state index contributed by atoms with van der Waals surface area (Å²) in [4.78, 5) is 14.9. The molecule has 8 heteroatoms. The Hall–Kier alpha value is -2.16. The van der Waals surface area contributed by atoms with E-state index in [9.17, 15) is 13.2 Å². The van der Waals surface area contributed by atoms with Crippen LogP contribution < -0.4 is 15.2 Å². The summed E-state index contributed by atoms with van der Waals surface area (Å²) in [5, 5.41) is 10.2. The predicted molar refractivity (Wildman–Crippen MR) is 88.8 cm³/mol. The summed E-state index contributed by atoms with van der Waals surface area (Å²) in [5.41, 5.74) is 3.17. The van der Waals surface area contributed by atoms with E-state index in [2.05, 4.69) is 10.3 Å². The number of fused-ring (bicyclic) bond motifs is 1. The largest absolute Gasteiger partial charge is 0.480 e. The van der Waals surface area contributed by atoms with Gasteiger partial charge in [0.15, 0.2) is 0 Å². The molecule has 0 saturated carbocycles. The second kappa shape index (κ2) is 6.53. The van der Waals surface area contributed by atoms with Crippen LogP contribution in [-0.2, 0) is 14.8 Å². The van der Waals surface area contributed by atoms with Crippen molar-refractivity contribution in [3.63, 3.8) is 0 Å². The number of hydrogen-bond donors (Lipinski definition) is 3. The minimum absolute atomic E-state index is 0.0868. The molecule has 2 aromatic carbocycles. The first-order valence-electron chi connectivity index (χ1n) is 6.93. The lowest BCUT2D eigenvalue weighted by molar-refractivity contribution is -0.139. The molecule has 23 heavy (non-hydrogen) atoms. The number of hydrogen-bond acceptors (Lipinski definition) is 5. The fourth-order valence-corrected chi connectivity index (χ4v) is 3.34. The molecule has 2 aromatic rings. The van der Waals surface area contributed by atoms with E-state index < -0.39 is 22.0 Å². The van der Waals surface area contributed by atoms with E-state index in [0.717, 1.165) is 11.1 Å². The van der Waals surface area contributed by atoms with Crippen LogP contribution in [0, 0.1) is 0 Å². The molecule has 3 N–H and O–H groups in total. The highest BCUT2D eigenvalue weighted by Gasteiger charge is 2.20. The Morgan fingerprint density at radius 1 is 1.13 bits per heavy atom. The SMILES string of the molecule is C[C@H](NNS(=O)(=O)c1cccc2c(N(C)C)cccc12)C(=O)O. The van der Waals surface area contributed by atoms with Gasteiger partial charge in [-0.15, -0.1) is 4.83 Å².